The summed E-state index contributed by atoms with van der Waals surface area (Å²) in [6.45, 7) is 3.53. The topological polar surface area (TPSA) is 99.0 Å². The summed E-state index contributed by atoms with van der Waals surface area (Å²) in [5.74, 6) is -0.183. The first-order chi connectivity index (χ1) is 9.91. The van der Waals surface area contributed by atoms with E-state index in [4.69, 9.17) is 23.7 Å². The number of para-hydroxylation sites is 1. The van der Waals surface area contributed by atoms with Crippen LogP contribution >= 0.6 is 12.2 Å². The molecule has 0 saturated heterocycles. The van der Waals surface area contributed by atoms with Gasteiger partial charge in [0.05, 0.1) is 5.56 Å². The molecule has 0 bridgehead atoms. The number of nitrogen functional groups attached to an aromatic ring is 2. The van der Waals surface area contributed by atoms with E-state index in [9.17, 15) is 4.79 Å². The zero-order valence-corrected chi connectivity index (χ0v) is 12.6. The molecule has 21 heavy (non-hydrogen) atoms. The van der Waals surface area contributed by atoms with Gasteiger partial charge in [-0.15, -0.1) is 5.10 Å². The first-order valence-corrected chi connectivity index (χ1v) is 6.87. The van der Waals surface area contributed by atoms with E-state index in [1.54, 1.807) is 13.8 Å². The zero-order chi connectivity index (χ0) is 15.6. The van der Waals surface area contributed by atoms with Crippen molar-refractivity contribution in [2.24, 2.45) is 5.92 Å². The summed E-state index contributed by atoms with van der Waals surface area (Å²) >= 11 is 5.31. The third-order valence-corrected chi connectivity index (χ3v) is 3.22. The average Bonchev–Trinajstić information content (AvgIpc) is 2.74. The molecule has 0 amide bonds. The molecule has 1 aromatic heterocycles. The highest BCUT2D eigenvalue weighted by molar-refractivity contribution is 7.81. The Morgan fingerprint density at radius 3 is 2.48 bits per heavy atom. The fourth-order valence-corrected chi connectivity index (χ4v) is 2.14. The maximum atomic E-state index is 12.0. The SMILES string of the molecule is CC(C)C(=O)n1nc(N)c(C(=S)Nc2ccccc2)c1N. The first kappa shape index (κ1) is 15.0. The lowest BCUT2D eigenvalue weighted by molar-refractivity contribution is 0.0842. The summed E-state index contributed by atoms with van der Waals surface area (Å²) in [6, 6.07) is 9.38. The van der Waals surface area contributed by atoms with Crippen molar-refractivity contribution in [3.63, 3.8) is 0 Å². The van der Waals surface area contributed by atoms with Crippen molar-refractivity contribution in [2.75, 3.05) is 16.8 Å². The molecular formula is C14H17N5OS. The van der Waals surface area contributed by atoms with E-state index >= 15 is 0 Å². The molecule has 0 saturated carbocycles. The second-order valence-corrected chi connectivity index (χ2v) is 5.28. The van der Waals surface area contributed by atoms with Gasteiger partial charge in [-0.05, 0) is 12.1 Å². The van der Waals surface area contributed by atoms with Crippen LogP contribution in [-0.2, 0) is 0 Å². The minimum absolute atomic E-state index is 0.134. The van der Waals surface area contributed by atoms with Crippen LogP contribution in [0.2, 0.25) is 0 Å². The fourth-order valence-electron chi connectivity index (χ4n) is 1.81. The quantitative estimate of drug-likeness (QED) is 0.751. The molecule has 2 aromatic rings. The van der Waals surface area contributed by atoms with Gasteiger partial charge in [-0.2, -0.15) is 4.68 Å². The second kappa shape index (κ2) is 5.92. The summed E-state index contributed by atoms with van der Waals surface area (Å²) in [6.07, 6.45) is 0. The molecule has 0 aliphatic carbocycles. The Bertz CT molecular complexity index is 678. The number of rotatable bonds is 3. The van der Waals surface area contributed by atoms with E-state index in [1.807, 2.05) is 30.3 Å². The maximum absolute atomic E-state index is 12.0. The van der Waals surface area contributed by atoms with Crippen LogP contribution < -0.4 is 16.8 Å². The predicted molar refractivity (Wildman–Crippen MR) is 88.3 cm³/mol. The second-order valence-electron chi connectivity index (χ2n) is 4.87. The molecule has 0 aliphatic heterocycles. The van der Waals surface area contributed by atoms with Gasteiger partial charge in [-0.3, -0.25) is 4.79 Å². The normalized spacial score (nSPS) is 10.6. The molecule has 5 N–H and O–H groups in total. The van der Waals surface area contributed by atoms with Crippen LogP contribution in [0, 0.1) is 5.92 Å². The molecule has 1 aromatic carbocycles. The van der Waals surface area contributed by atoms with Gasteiger partial charge in [0.1, 0.15) is 10.8 Å². The number of thiocarbonyl (C=S) groups is 1. The molecule has 110 valence electrons. The van der Waals surface area contributed by atoms with Crippen molar-refractivity contribution in [3.8, 4) is 0 Å². The highest BCUT2D eigenvalue weighted by atomic mass is 32.1. The highest BCUT2D eigenvalue weighted by Gasteiger charge is 2.22. The molecule has 0 atom stereocenters. The van der Waals surface area contributed by atoms with Crippen LogP contribution in [0.1, 0.15) is 24.2 Å². The molecule has 7 heteroatoms. The van der Waals surface area contributed by atoms with E-state index in [1.165, 1.54) is 0 Å². The Morgan fingerprint density at radius 2 is 1.90 bits per heavy atom. The number of nitrogens with two attached hydrogens (primary N) is 2. The summed E-state index contributed by atoms with van der Waals surface area (Å²) in [4.78, 5) is 12.3. The van der Waals surface area contributed by atoms with Crippen LogP contribution in [0.25, 0.3) is 0 Å². The number of hydrogen-bond donors (Lipinski definition) is 3. The van der Waals surface area contributed by atoms with E-state index in [0.29, 0.717) is 10.6 Å². The number of benzene rings is 1. The monoisotopic (exact) mass is 303 g/mol. The van der Waals surface area contributed by atoms with Crippen LogP contribution in [0.15, 0.2) is 30.3 Å². The number of anilines is 3. The Kier molecular flexibility index (Phi) is 4.23. The van der Waals surface area contributed by atoms with Gasteiger partial charge in [-0.25, -0.2) is 0 Å². The third kappa shape index (κ3) is 3.03. The number of hydrogen-bond acceptors (Lipinski definition) is 5. The summed E-state index contributed by atoms with van der Waals surface area (Å²) in [5.41, 5.74) is 13.0. The van der Waals surface area contributed by atoms with Gasteiger partial charge >= 0.3 is 0 Å². The minimum Gasteiger partial charge on any atom is -0.383 e. The average molecular weight is 303 g/mol. The molecule has 0 radical (unpaired) electrons. The molecule has 6 nitrogen and oxygen atoms in total. The molecular weight excluding hydrogens is 286 g/mol. The van der Waals surface area contributed by atoms with Gasteiger partial charge in [0.2, 0.25) is 0 Å². The largest absolute Gasteiger partial charge is 0.383 e. The Morgan fingerprint density at radius 1 is 1.29 bits per heavy atom. The minimum atomic E-state index is -0.241. The Labute approximate surface area is 128 Å². The number of nitrogens with zero attached hydrogens (tertiary/aromatic N) is 2. The van der Waals surface area contributed by atoms with Gasteiger partial charge in [0, 0.05) is 11.6 Å². The molecule has 0 fully saturated rings. The lowest BCUT2D eigenvalue weighted by Crippen LogP contribution is -2.21. The third-order valence-electron chi connectivity index (χ3n) is 2.91. The van der Waals surface area contributed by atoms with Crippen LogP contribution in [0.4, 0.5) is 17.3 Å². The van der Waals surface area contributed by atoms with Crippen molar-refractivity contribution in [3.05, 3.63) is 35.9 Å². The van der Waals surface area contributed by atoms with Crippen LogP contribution in [-0.4, -0.2) is 20.7 Å². The number of carbonyl (C=O) groups is 1. The van der Waals surface area contributed by atoms with Crippen molar-refractivity contribution in [1.82, 2.24) is 9.78 Å². The maximum Gasteiger partial charge on any atom is 0.251 e. The smallest absolute Gasteiger partial charge is 0.251 e. The van der Waals surface area contributed by atoms with Crippen molar-refractivity contribution < 1.29 is 4.79 Å². The van der Waals surface area contributed by atoms with E-state index < -0.39 is 0 Å². The lowest BCUT2D eigenvalue weighted by atomic mass is 10.2. The number of carbonyl (C=O) groups excluding carboxylic acids is 1. The lowest BCUT2D eigenvalue weighted by Gasteiger charge is -2.09. The van der Waals surface area contributed by atoms with E-state index in [0.717, 1.165) is 10.4 Å². The first-order valence-electron chi connectivity index (χ1n) is 6.46. The van der Waals surface area contributed by atoms with Crippen LogP contribution in [0.3, 0.4) is 0 Å². The van der Waals surface area contributed by atoms with Gasteiger partial charge < -0.3 is 16.8 Å². The molecule has 0 aliphatic rings. The summed E-state index contributed by atoms with van der Waals surface area (Å²) in [5, 5.41) is 7.01. The Balaban J connectivity index is 2.32. The van der Waals surface area contributed by atoms with E-state index in [-0.39, 0.29) is 23.5 Å². The standard InChI is InChI=1S/C14H17N5OS/c1-8(2)14(20)19-12(16)10(11(15)18-19)13(21)17-9-6-4-3-5-7-9/h3-8H,16H2,1-2H3,(H2,15,18)(H,17,21). The fraction of sp³-hybridized carbons (Fsp3) is 0.214. The molecule has 1 heterocycles. The van der Waals surface area contributed by atoms with Crippen LogP contribution in [0.5, 0.6) is 0 Å². The summed E-state index contributed by atoms with van der Waals surface area (Å²) in [7, 11) is 0. The van der Waals surface area contributed by atoms with Crippen molar-refractivity contribution in [1.29, 1.82) is 0 Å². The summed E-state index contributed by atoms with van der Waals surface area (Å²) < 4.78 is 1.11. The highest BCUT2D eigenvalue weighted by Crippen LogP contribution is 2.22. The Hall–Kier alpha value is -2.41. The zero-order valence-electron chi connectivity index (χ0n) is 11.8. The van der Waals surface area contributed by atoms with Crippen molar-refractivity contribution in [2.45, 2.75) is 13.8 Å². The predicted octanol–water partition coefficient (Wildman–Crippen LogP) is 2.13. The van der Waals surface area contributed by atoms with Gasteiger partial charge in [0.25, 0.3) is 5.91 Å². The molecule has 0 spiro atoms. The van der Waals surface area contributed by atoms with Crippen molar-refractivity contribution >= 4 is 40.4 Å². The van der Waals surface area contributed by atoms with Gasteiger partial charge in [-0.1, -0.05) is 44.3 Å². The van der Waals surface area contributed by atoms with Gasteiger partial charge in [0.15, 0.2) is 5.82 Å². The van der Waals surface area contributed by atoms with E-state index in [2.05, 4.69) is 10.4 Å². The number of aromatic nitrogens is 2. The number of nitrogens with one attached hydrogen (secondary N) is 1. The molecule has 0 unspecified atom stereocenters. The molecule has 2 rings (SSSR count).